The summed E-state index contributed by atoms with van der Waals surface area (Å²) < 4.78 is 25.9. The van der Waals surface area contributed by atoms with Crippen LogP contribution < -0.4 is 25.1 Å². The van der Waals surface area contributed by atoms with Gasteiger partial charge in [-0.1, -0.05) is 125 Å². The summed E-state index contributed by atoms with van der Waals surface area (Å²) >= 11 is 3.55. The Morgan fingerprint density at radius 2 is 1.33 bits per heavy atom. The van der Waals surface area contributed by atoms with Crippen molar-refractivity contribution in [3.8, 4) is 17.2 Å². The fourth-order valence-corrected chi connectivity index (χ4v) is 6.96. The van der Waals surface area contributed by atoms with Crippen LogP contribution in [0.4, 0.5) is 0 Å². The number of nitrogens with zero attached hydrogens (tertiary/aromatic N) is 1. The van der Waals surface area contributed by atoms with Crippen LogP contribution >= 0.6 is 15.9 Å². The third kappa shape index (κ3) is 10.5. The van der Waals surface area contributed by atoms with Gasteiger partial charge in [0.2, 0.25) is 5.90 Å². The second-order valence-electron chi connectivity index (χ2n) is 14.0. The van der Waals surface area contributed by atoms with Gasteiger partial charge < -0.3 is 24.1 Å². The minimum atomic E-state index is -1.36. The van der Waals surface area contributed by atoms with Crippen molar-refractivity contribution in [1.82, 2.24) is 10.9 Å². The number of amides is 1. The molecule has 0 aliphatic carbocycles. The lowest BCUT2D eigenvalue weighted by Crippen LogP contribution is -2.54. The molecule has 296 valence electrons. The maximum atomic E-state index is 14.7. The number of ether oxygens (including phenoxy) is 4. The first-order valence-corrected chi connectivity index (χ1v) is 20.2. The average Bonchev–Trinajstić information content (AvgIpc) is 3.65. The molecule has 6 aromatic rings. The molecule has 0 saturated heterocycles. The summed E-state index contributed by atoms with van der Waals surface area (Å²) in [4.78, 5) is 19.8. The molecule has 0 spiro atoms. The zero-order valence-corrected chi connectivity index (χ0v) is 33.6. The predicted molar refractivity (Wildman–Crippen MR) is 229 cm³/mol. The molecule has 0 fully saturated rings. The molecule has 1 aliphatic rings. The number of aliphatic imine (C=N–C) groups is 1. The van der Waals surface area contributed by atoms with Crippen LogP contribution in [0.5, 0.6) is 17.2 Å². The van der Waals surface area contributed by atoms with E-state index in [1.807, 2.05) is 158 Å². The highest BCUT2D eigenvalue weighted by atomic mass is 79.9. The Balaban J connectivity index is 1.10. The topological polar surface area (TPSA) is 111 Å². The van der Waals surface area contributed by atoms with Gasteiger partial charge in [-0.25, -0.2) is 10.4 Å². The molecule has 1 heterocycles. The van der Waals surface area contributed by atoms with Crippen LogP contribution in [0, 0.1) is 0 Å². The van der Waals surface area contributed by atoms with Crippen molar-refractivity contribution < 1.29 is 28.8 Å². The van der Waals surface area contributed by atoms with Gasteiger partial charge in [-0.05, 0) is 82.8 Å². The maximum absolute atomic E-state index is 14.7. The number of carbonyl (C=O) groups is 1. The van der Waals surface area contributed by atoms with Gasteiger partial charge in [-0.15, -0.1) is 0 Å². The fourth-order valence-electron chi connectivity index (χ4n) is 6.70. The number of aliphatic hydroxyl groups excluding tert-OH is 1. The van der Waals surface area contributed by atoms with Crippen LogP contribution in [0.15, 0.2) is 167 Å². The van der Waals surface area contributed by atoms with Crippen LogP contribution in [-0.4, -0.2) is 42.2 Å². The first-order valence-electron chi connectivity index (χ1n) is 19.4. The van der Waals surface area contributed by atoms with Crippen molar-refractivity contribution in [3.05, 3.63) is 196 Å². The van der Waals surface area contributed by atoms with Crippen LogP contribution in [0.25, 0.3) is 0 Å². The van der Waals surface area contributed by atoms with Gasteiger partial charge in [-0.3, -0.25) is 10.2 Å². The number of rotatable bonds is 19. The third-order valence-corrected chi connectivity index (χ3v) is 10.3. The van der Waals surface area contributed by atoms with E-state index in [4.69, 9.17) is 29.0 Å². The van der Waals surface area contributed by atoms with Gasteiger partial charge in [0.25, 0.3) is 5.91 Å². The summed E-state index contributed by atoms with van der Waals surface area (Å²) in [7, 11) is 0. The number of nitrogens with one attached hydrogen (secondary N) is 2. The molecule has 10 heteroatoms. The Labute approximate surface area is 347 Å². The highest BCUT2D eigenvalue weighted by Gasteiger charge is 2.53. The highest BCUT2D eigenvalue weighted by Crippen LogP contribution is 2.43. The van der Waals surface area contributed by atoms with Crippen LogP contribution in [0.3, 0.4) is 0 Å². The lowest BCUT2D eigenvalue weighted by Gasteiger charge is -2.31. The highest BCUT2D eigenvalue weighted by molar-refractivity contribution is 9.10. The van der Waals surface area contributed by atoms with E-state index in [0.717, 1.165) is 32.3 Å². The number of benzene rings is 6. The van der Waals surface area contributed by atoms with Gasteiger partial charge >= 0.3 is 0 Å². The number of carbonyl (C=O) groups excluding carboxylic acids is 1. The molecule has 2 atom stereocenters. The summed E-state index contributed by atoms with van der Waals surface area (Å²) in [5.74, 6) is 2.01. The second-order valence-corrected chi connectivity index (χ2v) is 14.9. The third-order valence-electron chi connectivity index (χ3n) is 9.74. The standard InChI is InChI=1S/C48H46BrN3O6/c49-41-22-18-39(19-23-41)45-48(32-36-11-4-1-5-12-36,51-46(58-45)40-20-24-42(25-21-40)55-30-10-29-53)47(54)52-50-28-27-35-17-26-43(56-33-37-13-6-2-7-14-37)44(31-35)57-34-38-15-8-3-9-16-38/h1-9,11-26,31,45,50,53H,10,27-30,32-34H2,(H,52,54)/t45-,48-/m0/s1. The summed E-state index contributed by atoms with van der Waals surface area (Å²) in [6, 6.07) is 51.1. The minimum absolute atomic E-state index is 0.0593. The van der Waals surface area contributed by atoms with E-state index >= 15 is 0 Å². The number of aliphatic hydroxyl groups is 1. The Bertz CT molecular complexity index is 2240. The van der Waals surface area contributed by atoms with Crippen molar-refractivity contribution >= 4 is 27.7 Å². The van der Waals surface area contributed by atoms with Crippen LogP contribution in [-0.2, 0) is 35.6 Å². The summed E-state index contributed by atoms with van der Waals surface area (Å²) in [6.45, 7) is 1.72. The Morgan fingerprint density at radius 3 is 1.97 bits per heavy atom. The molecule has 1 aliphatic heterocycles. The zero-order chi connectivity index (χ0) is 40.0. The van der Waals surface area contributed by atoms with Crippen molar-refractivity contribution in [2.24, 2.45) is 4.99 Å². The number of halogens is 1. The number of hydrazine groups is 1. The zero-order valence-electron chi connectivity index (χ0n) is 32.1. The second kappa shape index (κ2) is 20.0. The predicted octanol–water partition coefficient (Wildman–Crippen LogP) is 8.73. The van der Waals surface area contributed by atoms with Crippen LogP contribution in [0.1, 0.15) is 45.9 Å². The molecule has 0 aromatic heterocycles. The molecule has 7 rings (SSSR count). The smallest absolute Gasteiger partial charge is 0.266 e. The summed E-state index contributed by atoms with van der Waals surface area (Å²) in [5, 5.41) is 9.14. The normalized spacial score (nSPS) is 15.9. The maximum Gasteiger partial charge on any atom is 0.266 e. The molecular formula is C48H46BrN3O6. The molecule has 58 heavy (non-hydrogen) atoms. The van der Waals surface area contributed by atoms with Gasteiger partial charge in [-0.2, -0.15) is 0 Å². The Hall–Kier alpha value is -5.94. The Kier molecular flexibility index (Phi) is 13.9. The molecular weight excluding hydrogens is 794 g/mol. The minimum Gasteiger partial charge on any atom is -0.494 e. The van der Waals surface area contributed by atoms with Crippen molar-refractivity contribution in [2.45, 2.75) is 44.1 Å². The molecule has 0 bridgehead atoms. The van der Waals surface area contributed by atoms with Gasteiger partial charge in [0.05, 0.1) is 6.61 Å². The summed E-state index contributed by atoms with van der Waals surface area (Å²) in [5.41, 5.74) is 10.4. The van der Waals surface area contributed by atoms with Gasteiger partial charge in [0.1, 0.15) is 19.0 Å². The molecule has 3 N–H and O–H groups in total. The lowest BCUT2D eigenvalue weighted by molar-refractivity contribution is -0.130. The number of hydrogen-bond acceptors (Lipinski definition) is 8. The van der Waals surface area contributed by atoms with E-state index in [1.54, 1.807) is 0 Å². The van der Waals surface area contributed by atoms with E-state index in [2.05, 4.69) is 26.8 Å². The van der Waals surface area contributed by atoms with Gasteiger partial charge in [0.15, 0.2) is 23.1 Å². The first kappa shape index (κ1) is 40.3. The van der Waals surface area contributed by atoms with E-state index in [9.17, 15) is 4.79 Å². The molecule has 0 unspecified atom stereocenters. The first-order chi connectivity index (χ1) is 28.5. The van der Waals surface area contributed by atoms with Crippen LogP contribution in [0.2, 0.25) is 0 Å². The van der Waals surface area contributed by atoms with E-state index in [-0.39, 0.29) is 12.5 Å². The molecule has 1 amide bonds. The molecule has 0 radical (unpaired) electrons. The quantitative estimate of drug-likeness (QED) is 0.0553. The average molecular weight is 841 g/mol. The molecule has 9 nitrogen and oxygen atoms in total. The van der Waals surface area contributed by atoms with Crippen molar-refractivity contribution in [3.63, 3.8) is 0 Å². The summed E-state index contributed by atoms with van der Waals surface area (Å²) in [6.07, 6.45) is 0.699. The monoisotopic (exact) mass is 839 g/mol. The van der Waals surface area contributed by atoms with E-state index in [1.165, 1.54) is 0 Å². The lowest BCUT2D eigenvalue weighted by atomic mass is 9.82. The van der Waals surface area contributed by atoms with Crippen molar-refractivity contribution in [1.29, 1.82) is 0 Å². The van der Waals surface area contributed by atoms with E-state index < -0.39 is 11.6 Å². The SMILES string of the molecule is O=C(NNCCc1ccc(OCc2ccccc2)c(OCc2ccccc2)c1)[C@@]1(Cc2ccccc2)N=C(c2ccc(OCCCO)cc2)O[C@H]1c1ccc(Br)cc1. The Morgan fingerprint density at radius 1 is 0.707 bits per heavy atom. The molecule has 6 aromatic carbocycles. The van der Waals surface area contributed by atoms with E-state index in [0.29, 0.717) is 74.3 Å². The molecule has 0 saturated carbocycles. The fraction of sp³-hybridized carbons (Fsp3) is 0.208. The van der Waals surface area contributed by atoms with Crippen molar-refractivity contribution in [2.75, 3.05) is 19.8 Å². The number of hydrogen-bond donors (Lipinski definition) is 3. The largest absolute Gasteiger partial charge is 0.494 e. The van der Waals surface area contributed by atoms with Gasteiger partial charge in [0, 0.05) is 36.0 Å².